The molecule has 0 aromatic carbocycles. The number of hydrogen-bond acceptors (Lipinski definition) is 3. The number of nitrogens with zero attached hydrogens (tertiary/aromatic N) is 1. The van der Waals surface area contributed by atoms with Crippen LogP contribution in [0.5, 0.6) is 0 Å². The van der Waals surface area contributed by atoms with Crippen LogP contribution in [0, 0.1) is 12.8 Å². The number of hydrogen-bond donors (Lipinski definition) is 1. The summed E-state index contributed by atoms with van der Waals surface area (Å²) in [5.74, 6) is -1.18. The van der Waals surface area contributed by atoms with Gasteiger partial charge in [-0.1, -0.05) is 12.8 Å². The van der Waals surface area contributed by atoms with Crippen LogP contribution in [0.4, 0.5) is 13.2 Å². The molecule has 0 bridgehead atoms. The van der Waals surface area contributed by atoms with Gasteiger partial charge in [0.25, 0.3) is 0 Å². The van der Waals surface area contributed by atoms with Gasteiger partial charge in [-0.05, 0) is 19.8 Å². The molecule has 1 aliphatic carbocycles. The minimum absolute atomic E-state index is 0.261. The first kappa shape index (κ1) is 14.8. The molecule has 1 aliphatic rings. The summed E-state index contributed by atoms with van der Waals surface area (Å²) in [6, 6.07) is -0.423. The average Bonchev–Trinajstić information content (AvgIpc) is 2.74. The molecule has 0 saturated heterocycles. The minimum atomic E-state index is -4.07. The molecule has 1 heterocycles. The van der Waals surface area contributed by atoms with Gasteiger partial charge >= 0.3 is 6.18 Å². The molecule has 0 aliphatic heterocycles. The normalized spacial score (nSPS) is 24.6. The average molecular weight is 292 g/mol. The Bertz CT molecular complexity index is 403. The van der Waals surface area contributed by atoms with Crippen LogP contribution in [0.2, 0.25) is 0 Å². The molecule has 1 fully saturated rings. The van der Waals surface area contributed by atoms with Crippen molar-refractivity contribution in [3.8, 4) is 0 Å². The fourth-order valence-electron chi connectivity index (χ4n) is 2.68. The standard InChI is InChI=1S/C13H19F3N2S/c1-9-18-10(8-19-9)6-7-17-12-5-3-2-4-11(12)13(14,15)16/h8,11-12,17H,2-7H2,1H3. The number of alkyl halides is 3. The van der Waals surface area contributed by atoms with Crippen molar-refractivity contribution < 1.29 is 13.2 Å². The van der Waals surface area contributed by atoms with E-state index in [1.165, 1.54) is 0 Å². The lowest BCUT2D eigenvalue weighted by Gasteiger charge is -2.33. The lowest BCUT2D eigenvalue weighted by atomic mass is 9.84. The van der Waals surface area contributed by atoms with Crippen molar-refractivity contribution in [2.75, 3.05) is 6.54 Å². The summed E-state index contributed by atoms with van der Waals surface area (Å²) in [5, 5.41) is 6.05. The topological polar surface area (TPSA) is 24.9 Å². The Morgan fingerprint density at radius 3 is 2.74 bits per heavy atom. The second kappa shape index (κ2) is 6.22. The second-order valence-electron chi connectivity index (χ2n) is 5.10. The molecule has 1 aromatic heterocycles. The third-order valence-corrected chi connectivity index (χ3v) is 4.46. The summed E-state index contributed by atoms with van der Waals surface area (Å²) in [6.45, 7) is 2.50. The predicted octanol–water partition coefficient (Wildman–Crippen LogP) is 3.70. The van der Waals surface area contributed by atoms with Gasteiger partial charge in [0.15, 0.2) is 0 Å². The summed E-state index contributed by atoms with van der Waals surface area (Å²) < 4.78 is 38.7. The Morgan fingerprint density at radius 2 is 2.11 bits per heavy atom. The summed E-state index contributed by atoms with van der Waals surface area (Å²) in [4.78, 5) is 4.32. The van der Waals surface area contributed by atoms with Crippen LogP contribution in [0.1, 0.15) is 36.4 Å². The van der Waals surface area contributed by atoms with Crippen molar-refractivity contribution in [3.63, 3.8) is 0 Å². The zero-order valence-electron chi connectivity index (χ0n) is 11.0. The largest absolute Gasteiger partial charge is 0.393 e. The summed E-state index contributed by atoms with van der Waals surface area (Å²) in [7, 11) is 0. The SMILES string of the molecule is Cc1nc(CCNC2CCCCC2C(F)(F)F)cs1. The maximum absolute atomic E-state index is 12.9. The van der Waals surface area contributed by atoms with E-state index >= 15 is 0 Å². The molecule has 0 radical (unpaired) electrons. The Balaban J connectivity index is 1.83. The van der Waals surface area contributed by atoms with E-state index in [-0.39, 0.29) is 6.42 Å². The number of aromatic nitrogens is 1. The van der Waals surface area contributed by atoms with Gasteiger partial charge in [0.1, 0.15) is 0 Å². The lowest BCUT2D eigenvalue weighted by molar-refractivity contribution is -0.188. The summed E-state index contributed by atoms with van der Waals surface area (Å²) in [5.41, 5.74) is 0.967. The second-order valence-corrected chi connectivity index (χ2v) is 6.16. The maximum atomic E-state index is 12.9. The van der Waals surface area contributed by atoms with Gasteiger partial charge in [-0.15, -0.1) is 11.3 Å². The van der Waals surface area contributed by atoms with E-state index in [1.54, 1.807) is 11.3 Å². The van der Waals surface area contributed by atoms with E-state index in [0.717, 1.165) is 17.1 Å². The van der Waals surface area contributed by atoms with Gasteiger partial charge < -0.3 is 5.32 Å². The Morgan fingerprint density at radius 1 is 1.37 bits per heavy atom. The highest BCUT2D eigenvalue weighted by Crippen LogP contribution is 2.37. The Hall–Kier alpha value is -0.620. The van der Waals surface area contributed by atoms with Crippen LogP contribution < -0.4 is 5.32 Å². The van der Waals surface area contributed by atoms with Crippen molar-refractivity contribution in [1.82, 2.24) is 10.3 Å². The van der Waals surface area contributed by atoms with E-state index in [2.05, 4.69) is 10.3 Å². The number of thiazole rings is 1. The Labute approximate surface area is 115 Å². The first-order valence-electron chi connectivity index (χ1n) is 6.68. The first-order valence-corrected chi connectivity index (χ1v) is 7.56. The molecule has 2 atom stereocenters. The predicted molar refractivity (Wildman–Crippen MR) is 70.4 cm³/mol. The molecular formula is C13H19F3N2S. The van der Waals surface area contributed by atoms with Crippen molar-refractivity contribution in [1.29, 1.82) is 0 Å². The molecule has 1 N–H and O–H groups in total. The molecule has 0 amide bonds. The van der Waals surface area contributed by atoms with Crippen LogP contribution in [-0.2, 0) is 6.42 Å². The van der Waals surface area contributed by atoms with Gasteiger partial charge in [-0.2, -0.15) is 13.2 Å². The van der Waals surface area contributed by atoms with Crippen LogP contribution in [0.25, 0.3) is 0 Å². The molecule has 2 rings (SSSR count). The van der Waals surface area contributed by atoms with Gasteiger partial charge in [-0.25, -0.2) is 4.98 Å². The van der Waals surface area contributed by atoms with Crippen LogP contribution in [-0.4, -0.2) is 23.7 Å². The minimum Gasteiger partial charge on any atom is -0.313 e. The van der Waals surface area contributed by atoms with E-state index in [9.17, 15) is 13.2 Å². The zero-order chi connectivity index (χ0) is 13.9. The number of rotatable bonds is 4. The molecule has 2 unspecified atom stereocenters. The van der Waals surface area contributed by atoms with Crippen molar-refractivity contribution in [2.45, 2.75) is 51.2 Å². The molecule has 19 heavy (non-hydrogen) atoms. The maximum Gasteiger partial charge on any atom is 0.393 e. The van der Waals surface area contributed by atoms with Gasteiger partial charge in [0, 0.05) is 24.4 Å². The van der Waals surface area contributed by atoms with E-state index in [1.807, 2.05) is 12.3 Å². The van der Waals surface area contributed by atoms with Gasteiger partial charge in [0.2, 0.25) is 0 Å². The van der Waals surface area contributed by atoms with Gasteiger partial charge in [0.05, 0.1) is 16.6 Å². The van der Waals surface area contributed by atoms with Crippen molar-refractivity contribution in [2.24, 2.45) is 5.92 Å². The smallest absolute Gasteiger partial charge is 0.313 e. The number of nitrogens with one attached hydrogen (secondary N) is 1. The summed E-state index contributed by atoms with van der Waals surface area (Å²) in [6.07, 6.45) is -0.911. The van der Waals surface area contributed by atoms with Crippen molar-refractivity contribution in [3.05, 3.63) is 16.1 Å². The summed E-state index contributed by atoms with van der Waals surface area (Å²) >= 11 is 1.58. The number of halogens is 3. The van der Waals surface area contributed by atoms with Crippen LogP contribution in [0.15, 0.2) is 5.38 Å². The van der Waals surface area contributed by atoms with Crippen molar-refractivity contribution >= 4 is 11.3 Å². The Kier molecular flexibility index (Phi) is 4.84. The molecular weight excluding hydrogens is 273 g/mol. The highest BCUT2D eigenvalue weighted by molar-refractivity contribution is 7.09. The van der Waals surface area contributed by atoms with E-state index in [4.69, 9.17) is 0 Å². The number of aryl methyl sites for hydroxylation is 1. The highest BCUT2D eigenvalue weighted by Gasteiger charge is 2.45. The lowest BCUT2D eigenvalue weighted by Crippen LogP contribution is -2.46. The molecule has 1 aromatic rings. The van der Waals surface area contributed by atoms with Gasteiger partial charge in [-0.3, -0.25) is 0 Å². The highest BCUT2D eigenvalue weighted by atomic mass is 32.1. The van der Waals surface area contributed by atoms with Crippen LogP contribution >= 0.6 is 11.3 Å². The molecule has 6 heteroatoms. The van der Waals surface area contributed by atoms with E-state index < -0.39 is 18.1 Å². The molecule has 1 saturated carbocycles. The quantitative estimate of drug-likeness (QED) is 0.915. The third-order valence-electron chi connectivity index (χ3n) is 3.64. The first-order chi connectivity index (χ1) is 8.97. The fourth-order valence-corrected chi connectivity index (χ4v) is 3.32. The zero-order valence-corrected chi connectivity index (χ0v) is 11.8. The molecule has 2 nitrogen and oxygen atoms in total. The molecule has 0 spiro atoms. The third kappa shape index (κ3) is 4.18. The fraction of sp³-hybridized carbons (Fsp3) is 0.769. The monoisotopic (exact) mass is 292 g/mol. The van der Waals surface area contributed by atoms with E-state index in [0.29, 0.717) is 25.8 Å². The molecule has 108 valence electrons. The van der Waals surface area contributed by atoms with Crippen LogP contribution in [0.3, 0.4) is 0 Å².